The average Bonchev–Trinajstić information content (AvgIpc) is 2.55. The third kappa shape index (κ3) is 1.94. The smallest absolute Gasteiger partial charge is 0.119 e. The van der Waals surface area contributed by atoms with Gasteiger partial charge in [-0.3, -0.25) is 4.90 Å². The third-order valence-corrected chi connectivity index (χ3v) is 4.05. The summed E-state index contributed by atoms with van der Waals surface area (Å²) in [5.41, 5.74) is 2.73. The van der Waals surface area contributed by atoms with Crippen LogP contribution in [-0.4, -0.2) is 24.5 Å². The summed E-state index contributed by atoms with van der Waals surface area (Å²) < 4.78 is 7.19. The van der Waals surface area contributed by atoms with Gasteiger partial charge in [0.15, 0.2) is 0 Å². The third-order valence-electron chi connectivity index (χ3n) is 3.56. The van der Waals surface area contributed by atoms with E-state index in [-0.39, 0.29) is 5.60 Å². The number of ether oxygens (including phenoxy) is 1. The number of fused-ring (bicyclic) bond motifs is 2. The SMILES string of the molecule is C[C](C)CN1CC2(C1)OCc1cc(Br)ccc12. The molecule has 1 saturated heterocycles. The summed E-state index contributed by atoms with van der Waals surface area (Å²) in [4.78, 5) is 2.45. The Balaban J connectivity index is 1.77. The molecule has 3 rings (SSSR count). The number of likely N-dealkylation sites (tertiary alicyclic amines) is 1. The summed E-state index contributed by atoms with van der Waals surface area (Å²) in [6, 6.07) is 6.52. The van der Waals surface area contributed by atoms with Crippen LogP contribution in [0.15, 0.2) is 22.7 Å². The quantitative estimate of drug-likeness (QED) is 0.831. The minimum atomic E-state index is -0.00845. The lowest BCUT2D eigenvalue weighted by atomic mass is 9.85. The molecule has 17 heavy (non-hydrogen) atoms. The van der Waals surface area contributed by atoms with Crippen LogP contribution >= 0.6 is 15.9 Å². The van der Waals surface area contributed by atoms with E-state index in [1.807, 2.05) is 0 Å². The summed E-state index contributed by atoms with van der Waals surface area (Å²) >= 11 is 3.52. The van der Waals surface area contributed by atoms with Crippen molar-refractivity contribution in [2.45, 2.75) is 26.1 Å². The molecule has 0 N–H and O–H groups in total. The van der Waals surface area contributed by atoms with Crippen molar-refractivity contribution >= 4 is 15.9 Å². The van der Waals surface area contributed by atoms with E-state index in [1.165, 1.54) is 17.0 Å². The maximum absolute atomic E-state index is 6.04. The molecule has 0 atom stereocenters. The van der Waals surface area contributed by atoms with Crippen molar-refractivity contribution in [3.63, 3.8) is 0 Å². The maximum Gasteiger partial charge on any atom is 0.119 e. The van der Waals surface area contributed by atoms with Gasteiger partial charge in [-0.1, -0.05) is 35.8 Å². The van der Waals surface area contributed by atoms with Gasteiger partial charge in [-0.05, 0) is 29.2 Å². The predicted octanol–water partition coefficient (Wildman–Crippen LogP) is 3.10. The van der Waals surface area contributed by atoms with Gasteiger partial charge in [0.05, 0.1) is 6.61 Å². The van der Waals surface area contributed by atoms with Crippen LogP contribution in [0.5, 0.6) is 0 Å². The molecule has 0 bridgehead atoms. The first-order valence-electron chi connectivity index (χ1n) is 6.03. The Morgan fingerprint density at radius 3 is 2.88 bits per heavy atom. The molecule has 2 nitrogen and oxygen atoms in total. The fraction of sp³-hybridized carbons (Fsp3) is 0.500. The van der Waals surface area contributed by atoms with Gasteiger partial charge in [0, 0.05) is 24.1 Å². The highest BCUT2D eigenvalue weighted by atomic mass is 79.9. The molecule has 0 aromatic heterocycles. The van der Waals surface area contributed by atoms with Crippen LogP contribution in [-0.2, 0) is 16.9 Å². The van der Waals surface area contributed by atoms with Gasteiger partial charge in [0.25, 0.3) is 0 Å². The standard InChI is InChI=1S/C14H17BrNO/c1-10(2)6-16-8-14(9-16)13-4-3-12(15)5-11(13)7-17-14/h3-5H,6-9H2,1-2H3. The summed E-state index contributed by atoms with van der Waals surface area (Å²) in [5, 5.41) is 0. The molecular weight excluding hydrogens is 278 g/mol. The van der Waals surface area contributed by atoms with Gasteiger partial charge in [-0.25, -0.2) is 0 Å². The highest BCUT2D eigenvalue weighted by Crippen LogP contribution is 2.44. The second-order valence-corrected chi connectivity index (χ2v) is 6.35. The molecule has 0 aliphatic carbocycles. The topological polar surface area (TPSA) is 12.5 Å². The fourth-order valence-corrected chi connectivity index (χ4v) is 3.33. The van der Waals surface area contributed by atoms with E-state index < -0.39 is 0 Å². The highest BCUT2D eigenvalue weighted by molar-refractivity contribution is 9.10. The fourth-order valence-electron chi connectivity index (χ4n) is 2.92. The Kier molecular flexibility index (Phi) is 2.80. The molecule has 1 radical (unpaired) electrons. The second-order valence-electron chi connectivity index (χ2n) is 5.44. The van der Waals surface area contributed by atoms with Crippen LogP contribution in [0.4, 0.5) is 0 Å². The monoisotopic (exact) mass is 294 g/mol. The molecule has 1 aromatic carbocycles. The number of hydrogen-bond acceptors (Lipinski definition) is 2. The molecular formula is C14H17BrNO. The van der Waals surface area contributed by atoms with Crippen LogP contribution in [0.25, 0.3) is 0 Å². The minimum Gasteiger partial charge on any atom is -0.363 e. The Morgan fingerprint density at radius 1 is 1.41 bits per heavy atom. The van der Waals surface area contributed by atoms with Gasteiger partial charge >= 0.3 is 0 Å². The normalized spacial score (nSPS) is 21.9. The number of halogens is 1. The highest BCUT2D eigenvalue weighted by Gasteiger charge is 2.49. The lowest BCUT2D eigenvalue weighted by Crippen LogP contribution is -2.59. The van der Waals surface area contributed by atoms with Crippen molar-refractivity contribution in [1.29, 1.82) is 0 Å². The van der Waals surface area contributed by atoms with E-state index in [0.717, 1.165) is 30.7 Å². The van der Waals surface area contributed by atoms with Crippen molar-refractivity contribution in [2.24, 2.45) is 0 Å². The molecule has 2 aliphatic heterocycles. The van der Waals surface area contributed by atoms with Crippen LogP contribution in [0, 0.1) is 5.92 Å². The van der Waals surface area contributed by atoms with Gasteiger partial charge in [-0.15, -0.1) is 0 Å². The van der Waals surface area contributed by atoms with E-state index in [2.05, 4.69) is 52.9 Å². The zero-order valence-electron chi connectivity index (χ0n) is 10.3. The van der Waals surface area contributed by atoms with Gasteiger partial charge in [0.2, 0.25) is 0 Å². The van der Waals surface area contributed by atoms with Crippen molar-refractivity contribution in [1.82, 2.24) is 4.90 Å². The summed E-state index contributed by atoms with van der Waals surface area (Å²) in [5.74, 6) is 1.47. The first-order chi connectivity index (χ1) is 8.09. The van der Waals surface area contributed by atoms with Crippen molar-refractivity contribution in [3.05, 3.63) is 39.7 Å². The zero-order valence-corrected chi connectivity index (χ0v) is 11.9. The van der Waals surface area contributed by atoms with Crippen molar-refractivity contribution in [2.75, 3.05) is 19.6 Å². The maximum atomic E-state index is 6.04. The Morgan fingerprint density at radius 2 is 2.18 bits per heavy atom. The molecule has 3 heteroatoms. The molecule has 2 heterocycles. The Bertz CT molecular complexity index is 438. The number of nitrogens with zero attached hydrogens (tertiary/aromatic N) is 1. The molecule has 1 aromatic rings. The molecule has 91 valence electrons. The van der Waals surface area contributed by atoms with E-state index in [1.54, 1.807) is 0 Å². The van der Waals surface area contributed by atoms with Crippen LogP contribution < -0.4 is 0 Å². The average molecular weight is 295 g/mol. The van der Waals surface area contributed by atoms with Crippen LogP contribution in [0.3, 0.4) is 0 Å². The van der Waals surface area contributed by atoms with Gasteiger partial charge < -0.3 is 4.74 Å². The van der Waals surface area contributed by atoms with Gasteiger partial charge in [-0.2, -0.15) is 0 Å². The van der Waals surface area contributed by atoms with E-state index >= 15 is 0 Å². The van der Waals surface area contributed by atoms with E-state index in [4.69, 9.17) is 4.74 Å². The van der Waals surface area contributed by atoms with E-state index in [9.17, 15) is 0 Å². The predicted molar refractivity (Wildman–Crippen MR) is 71.6 cm³/mol. The molecule has 0 unspecified atom stereocenters. The lowest BCUT2D eigenvalue weighted by molar-refractivity contribution is -0.140. The van der Waals surface area contributed by atoms with Gasteiger partial charge in [0.1, 0.15) is 5.60 Å². The number of rotatable bonds is 2. The number of benzene rings is 1. The molecule has 1 spiro atoms. The Hall–Kier alpha value is -0.380. The molecule has 1 fully saturated rings. The van der Waals surface area contributed by atoms with Crippen molar-refractivity contribution < 1.29 is 4.74 Å². The first-order valence-corrected chi connectivity index (χ1v) is 6.83. The second kappa shape index (κ2) is 4.08. The summed E-state index contributed by atoms with van der Waals surface area (Å²) in [6.07, 6.45) is 0. The first kappa shape index (κ1) is 11.7. The zero-order chi connectivity index (χ0) is 12.0. The molecule has 0 saturated carbocycles. The number of hydrogen-bond donors (Lipinski definition) is 0. The van der Waals surface area contributed by atoms with Crippen LogP contribution in [0.2, 0.25) is 0 Å². The summed E-state index contributed by atoms with van der Waals surface area (Å²) in [7, 11) is 0. The molecule has 2 aliphatic rings. The largest absolute Gasteiger partial charge is 0.363 e. The lowest BCUT2D eigenvalue weighted by Gasteiger charge is -2.48. The molecule has 0 amide bonds. The Labute approximate surface area is 111 Å². The van der Waals surface area contributed by atoms with Crippen LogP contribution in [0.1, 0.15) is 25.0 Å². The van der Waals surface area contributed by atoms with E-state index in [0.29, 0.717) is 0 Å². The van der Waals surface area contributed by atoms with Crippen molar-refractivity contribution in [3.8, 4) is 0 Å². The summed E-state index contributed by atoms with van der Waals surface area (Å²) in [6.45, 7) is 8.30. The minimum absolute atomic E-state index is 0.00845.